The summed E-state index contributed by atoms with van der Waals surface area (Å²) in [5, 5.41) is 0. The molecule has 0 bridgehead atoms. The van der Waals surface area contributed by atoms with E-state index < -0.39 is 0 Å². The van der Waals surface area contributed by atoms with Crippen LogP contribution in [0, 0.1) is 13.0 Å². The zero-order chi connectivity index (χ0) is 10.7. The van der Waals surface area contributed by atoms with Crippen LogP contribution in [0.2, 0.25) is 0 Å². The summed E-state index contributed by atoms with van der Waals surface area (Å²) < 4.78 is 5.33. The lowest BCUT2D eigenvalue weighted by atomic mass is 10.0. The number of ether oxygens (including phenoxy) is 1. The van der Waals surface area contributed by atoms with Crippen LogP contribution in [0.1, 0.15) is 5.56 Å². The molecule has 0 atom stereocenters. The van der Waals surface area contributed by atoms with Gasteiger partial charge >= 0.3 is 0 Å². The lowest BCUT2D eigenvalue weighted by Crippen LogP contribution is -1.89. The fraction of sp³-hybridized carbons (Fsp3) is 0.143. The molecule has 0 heterocycles. The maximum Gasteiger partial charge on any atom is 0.134 e. The van der Waals surface area contributed by atoms with Gasteiger partial charge in [0.25, 0.3) is 0 Å². The van der Waals surface area contributed by atoms with Gasteiger partial charge in [0.1, 0.15) is 5.75 Å². The van der Waals surface area contributed by atoms with Crippen molar-refractivity contribution in [1.29, 1.82) is 0 Å². The molecule has 75 valence electrons. The summed E-state index contributed by atoms with van der Waals surface area (Å²) in [6.45, 7) is 2.01. The van der Waals surface area contributed by atoms with Gasteiger partial charge in [0.15, 0.2) is 0 Å². The number of hydrogen-bond donors (Lipinski definition) is 0. The molecule has 0 saturated carbocycles. The monoisotopic (exact) mass is 197 g/mol. The minimum Gasteiger partial charge on any atom is -0.495 e. The van der Waals surface area contributed by atoms with Gasteiger partial charge in [-0.15, -0.1) is 0 Å². The van der Waals surface area contributed by atoms with Crippen molar-refractivity contribution < 1.29 is 4.74 Å². The third-order valence-electron chi connectivity index (χ3n) is 2.34. The Hall–Kier alpha value is -1.76. The molecular formula is C14H13O. The molecule has 1 heteroatoms. The first-order valence-electron chi connectivity index (χ1n) is 4.93. The highest BCUT2D eigenvalue weighted by molar-refractivity contribution is 5.70. The molecule has 1 nitrogen and oxygen atoms in total. The SMILES string of the molecule is COc1[c]c(C)ccc1-c1ccccc1. The smallest absolute Gasteiger partial charge is 0.134 e. The van der Waals surface area contributed by atoms with Crippen molar-refractivity contribution in [3.05, 3.63) is 54.1 Å². The van der Waals surface area contributed by atoms with E-state index in [1.807, 2.05) is 31.2 Å². The Kier molecular flexibility index (Phi) is 2.72. The van der Waals surface area contributed by atoms with Crippen LogP contribution in [-0.4, -0.2) is 7.11 Å². The number of hydrogen-bond acceptors (Lipinski definition) is 1. The van der Waals surface area contributed by atoms with Crippen molar-refractivity contribution in [2.75, 3.05) is 7.11 Å². The van der Waals surface area contributed by atoms with E-state index >= 15 is 0 Å². The first kappa shape index (κ1) is 9.78. The van der Waals surface area contributed by atoms with Crippen LogP contribution >= 0.6 is 0 Å². The molecule has 0 amide bonds. The van der Waals surface area contributed by atoms with E-state index in [9.17, 15) is 0 Å². The van der Waals surface area contributed by atoms with Gasteiger partial charge in [-0.25, -0.2) is 0 Å². The summed E-state index contributed by atoms with van der Waals surface area (Å²) in [6, 6.07) is 17.5. The Morgan fingerprint density at radius 2 is 1.73 bits per heavy atom. The number of methoxy groups -OCH3 is 1. The van der Waals surface area contributed by atoms with Crippen molar-refractivity contribution >= 4 is 0 Å². The molecule has 0 aromatic heterocycles. The Bertz CT molecular complexity index is 446. The van der Waals surface area contributed by atoms with E-state index in [0.717, 1.165) is 22.4 Å². The largest absolute Gasteiger partial charge is 0.495 e. The van der Waals surface area contributed by atoms with Crippen LogP contribution in [0.3, 0.4) is 0 Å². The summed E-state index contributed by atoms with van der Waals surface area (Å²) in [6.07, 6.45) is 0. The van der Waals surface area contributed by atoms with Gasteiger partial charge in [0, 0.05) is 11.6 Å². The van der Waals surface area contributed by atoms with Gasteiger partial charge in [0.05, 0.1) is 7.11 Å². The van der Waals surface area contributed by atoms with Crippen LogP contribution in [0.15, 0.2) is 42.5 Å². The average Bonchev–Trinajstić information content (AvgIpc) is 2.30. The number of rotatable bonds is 2. The van der Waals surface area contributed by atoms with E-state index in [1.165, 1.54) is 0 Å². The van der Waals surface area contributed by atoms with Crippen LogP contribution in [0.25, 0.3) is 11.1 Å². The highest BCUT2D eigenvalue weighted by atomic mass is 16.5. The van der Waals surface area contributed by atoms with E-state index in [-0.39, 0.29) is 0 Å². The molecule has 1 radical (unpaired) electrons. The summed E-state index contributed by atoms with van der Waals surface area (Å²) in [5.74, 6) is 0.807. The van der Waals surface area contributed by atoms with Crippen LogP contribution in [0.4, 0.5) is 0 Å². The Balaban J connectivity index is 2.53. The third kappa shape index (κ3) is 2.01. The highest BCUT2D eigenvalue weighted by Crippen LogP contribution is 2.29. The molecule has 2 aromatic carbocycles. The minimum atomic E-state index is 0.807. The molecule has 0 saturated heterocycles. The average molecular weight is 197 g/mol. The summed E-state index contributed by atoms with van der Waals surface area (Å²) in [4.78, 5) is 0. The molecule has 2 aromatic rings. The molecule has 0 aliphatic heterocycles. The number of aryl methyl sites for hydroxylation is 1. The van der Waals surface area contributed by atoms with Crippen molar-refractivity contribution in [2.45, 2.75) is 6.92 Å². The predicted molar refractivity (Wildman–Crippen MR) is 62.0 cm³/mol. The Morgan fingerprint density at radius 1 is 1.00 bits per heavy atom. The molecule has 0 N–H and O–H groups in total. The van der Waals surface area contributed by atoms with Crippen LogP contribution in [-0.2, 0) is 0 Å². The zero-order valence-corrected chi connectivity index (χ0v) is 8.95. The number of benzene rings is 2. The highest BCUT2D eigenvalue weighted by Gasteiger charge is 2.04. The second kappa shape index (κ2) is 4.18. The van der Waals surface area contributed by atoms with Crippen molar-refractivity contribution in [3.63, 3.8) is 0 Å². The summed E-state index contributed by atoms with van der Waals surface area (Å²) >= 11 is 0. The van der Waals surface area contributed by atoms with Gasteiger partial charge in [-0.05, 0) is 18.1 Å². The Morgan fingerprint density at radius 3 is 2.40 bits per heavy atom. The molecule has 0 aliphatic rings. The zero-order valence-electron chi connectivity index (χ0n) is 8.95. The lowest BCUT2D eigenvalue weighted by molar-refractivity contribution is 0.415. The third-order valence-corrected chi connectivity index (χ3v) is 2.34. The second-order valence-corrected chi connectivity index (χ2v) is 3.45. The van der Waals surface area contributed by atoms with Crippen LogP contribution in [0.5, 0.6) is 5.75 Å². The van der Waals surface area contributed by atoms with Gasteiger partial charge in [-0.3, -0.25) is 0 Å². The summed E-state index contributed by atoms with van der Waals surface area (Å²) in [5.41, 5.74) is 3.33. The Labute approximate surface area is 90.3 Å². The maximum atomic E-state index is 5.33. The van der Waals surface area contributed by atoms with Gasteiger partial charge in [-0.1, -0.05) is 42.5 Å². The molecule has 0 spiro atoms. The maximum absolute atomic E-state index is 5.33. The van der Waals surface area contributed by atoms with E-state index in [2.05, 4.69) is 24.3 Å². The van der Waals surface area contributed by atoms with E-state index in [1.54, 1.807) is 7.11 Å². The molecule has 2 rings (SSSR count). The molecule has 0 aliphatic carbocycles. The quantitative estimate of drug-likeness (QED) is 0.716. The second-order valence-electron chi connectivity index (χ2n) is 3.45. The normalized spacial score (nSPS) is 10.0. The fourth-order valence-corrected chi connectivity index (χ4v) is 1.58. The van der Waals surface area contributed by atoms with E-state index in [4.69, 9.17) is 4.74 Å². The van der Waals surface area contributed by atoms with Crippen molar-refractivity contribution in [1.82, 2.24) is 0 Å². The van der Waals surface area contributed by atoms with Gasteiger partial charge in [0.2, 0.25) is 0 Å². The van der Waals surface area contributed by atoms with E-state index in [0.29, 0.717) is 0 Å². The van der Waals surface area contributed by atoms with Gasteiger partial charge in [-0.2, -0.15) is 0 Å². The molecule has 15 heavy (non-hydrogen) atoms. The first-order valence-corrected chi connectivity index (χ1v) is 4.93. The summed E-state index contributed by atoms with van der Waals surface area (Å²) in [7, 11) is 1.68. The molecule has 0 fully saturated rings. The molecule has 0 unspecified atom stereocenters. The standard InChI is InChI=1S/C14H13O/c1-11-8-9-13(14(10-11)15-2)12-6-4-3-5-7-12/h3-9H,1-2H3. The minimum absolute atomic E-state index is 0.807. The van der Waals surface area contributed by atoms with Crippen molar-refractivity contribution in [3.8, 4) is 16.9 Å². The lowest BCUT2D eigenvalue weighted by Gasteiger charge is -2.08. The van der Waals surface area contributed by atoms with Crippen LogP contribution < -0.4 is 4.74 Å². The topological polar surface area (TPSA) is 9.23 Å². The van der Waals surface area contributed by atoms with Crippen molar-refractivity contribution in [2.24, 2.45) is 0 Å². The predicted octanol–water partition coefficient (Wildman–Crippen LogP) is 3.47. The molecular weight excluding hydrogens is 184 g/mol. The van der Waals surface area contributed by atoms with Gasteiger partial charge < -0.3 is 4.74 Å². The first-order chi connectivity index (χ1) is 7.31. The fourth-order valence-electron chi connectivity index (χ4n) is 1.58.